The van der Waals surface area contributed by atoms with Crippen molar-refractivity contribution in [1.29, 1.82) is 0 Å². The lowest BCUT2D eigenvalue weighted by molar-refractivity contribution is 0.583. The fourth-order valence-corrected chi connectivity index (χ4v) is 1.91. The van der Waals surface area contributed by atoms with Crippen molar-refractivity contribution in [2.24, 2.45) is 12.2 Å². The average molecular weight is 227 g/mol. The SMILES string of the molecule is Cn1nccc1-n1ccnc1S(N)(=O)=O. The molecule has 0 fully saturated rings. The van der Waals surface area contributed by atoms with Crippen LogP contribution >= 0.6 is 0 Å². The van der Waals surface area contributed by atoms with Gasteiger partial charge in [-0.25, -0.2) is 18.5 Å². The van der Waals surface area contributed by atoms with Crippen LogP contribution in [0.2, 0.25) is 0 Å². The van der Waals surface area contributed by atoms with E-state index < -0.39 is 10.0 Å². The summed E-state index contributed by atoms with van der Waals surface area (Å²) >= 11 is 0. The molecular formula is C7H9N5O2S. The highest BCUT2D eigenvalue weighted by Gasteiger charge is 2.17. The molecule has 15 heavy (non-hydrogen) atoms. The molecule has 0 radical (unpaired) electrons. The van der Waals surface area contributed by atoms with Crippen LogP contribution in [0.15, 0.2) is 29.8 Å². The van der Waals surface area contributed by atoms with Crippen LogP contribution in [-0.2, 0) is 17.1 Å². The van der Waals surface area contributed by atoms with E-state index >= 15 is 0 Å². The Morgan fingerprint density at radius 1 is 1.40 bits per heavy atom. The van der Waals surface area contributed by atoms with Gasteiger partial charge < -0.3 is 0 Å². The van der Waals surface area contributed by atoms with Crippen LogP contribution in [-0.4, -0.2) is 27.7 Å². The minimum absolute atomic E-state index is 0.203. The molecule has 0 atom stereocenters. The van der Waals surface area contributed by atoms with Crippen molar-refractivity contribution in [2.45, 2.75) is 5.16 Å². The zero-order valence-electron chi connectivity index (χ0n) is 7.90. The monoisotopic (exact) mass is 227 g/mol. The van der Waals surface area contributed by atoms with Crippen molar-refractivity contribution in [3.8, 4) is 5.82 Å². The molecule has 2 aromatic rings. The third-order valence-electron chi connectivity index (χ3n) is 1.90. The van der Waals surface area contributed by atoms with Gasteiger partial charge in [0.1, 0.15) is 5.82 Å². The van der Waals surface area contributed by atoms with Crippen LogP contribution in [0, 0.1) is 0 Å². The summed E-state index contributed by atoms with van der Waals surface area (Å²) in [6, 6.07) is 1.66. The van der Waals surface area contributed by atoms with Crippen molar-refractivity contribution >= 4 is 10.0 Å². The summed E-state index contributed by atoms with van der Waals surface area (Å²) in [7, 11) is -2.13. The molecule has 7 nitrogen and oxygen atoms in total. The number of rotatable bonds is 2. The van der Waals surface area contributed by atoms with Gasteiger partial charge in [0.2, 0.25) is 5.16 Å². The van der Waals surface area contributed by atoms with Gasteiger partial charge in [-0.1, -0.05) is 0 Å². The first kappa shape index (κ1) is 9.87. The minimum atomic E-state index is -3.82. The molecule has 0 unspecified atom stereocenters. The Hall–Kier alpha value is -1.67. The first-order valence-corrected chi connectivity index (χ1v) is 5.59. The number of hydrogen-bond donors (Lipinski definition) is 1. The van der Waals surface area contributed by atoms with Gasteiger partial charge in [-0.15, -0.1) is 0 Å². The maximum atomic E-state index is 11.2. The predicted octanol–water partition coefficient (Wildman–Crippen LogP) is -0.747. The Balaban J connectivity index is 2.66. The molecule has 0 saturated heterocycles. The molecular weight excluding hydrogens is 218 g/mol. The van der Waals surface area contributed by atoms with E-state index in [1.165, 1.54) is 21.6 Å². The highest BCUT2D eigenvalue weighted by Crippen LogP contribution is 2.11. The van der Waals surface area contributed by atoms with Crippen LogP contribution in [0.4, 0.5) is 0 Å². The lowest BCUT2D eigenvalue weighted by Crippen LogP contribution is -2.18. The molecule has 80 valence electrons. The first-order valence-electron chi connectivity index (χ1n) is 4.04. The van der Waals surface area contributed by atoms with E-state index in [1.807, 2.05) is 0 Å². The van der Waals surface area contributed by atoms with Crippen LogP contribution < -0.4 is 5.14 Å². The number of sulfonamides is 1. The Bertz CT molecular complexity index is 582. The highest BCUT2D eigenvalue weighted by molar-refractivity contribution is 7.89. The molecule has 0 amide bonds. The molecule has 0 saturated carbocycles. The number of nitrogens with two attached hydrogens (primary N) is 1. The van der Waals surface area contributed by atoms with Gasteiger partial charge in [-0.2, -0.15) is 5.10 Å². The van der Waals surface area contributed by atoms with Gasteiger partial charge in [0.05, 0.1) is 6.20 Å². The summed E-state index contributed by atoms with van der Waals surface area (Å²) in [5.74, 6) is 0.580. The van der Waals surface area contributed by atoms with E-state index in [9.17, 15) is 8.42 Å². The first-order chi connectivity index (χ1) is 7.00. The van der Waals surface area contributed by atoms with E-state index in [2.05, 4.69) is 10.1 Å². The normalized spacial score (nSPS) is 11.9. The van der Waals surface area contributed by atoms with E-state index in [1.54, 1.807) is 19.3 Å². The van der Waals surface area contributed by atoms with Gasteiger partial charge in [0.25, 0.3) is 10.0 Å². The molecule has 2 rings (SSSR count). The summed E-state index contributed by atoms with van der Waals surface area (Å²) in [5, 5.41) is 8.74. The second kappa shape index (κ2) is 3.17. The summed E-state index contributed by atoms with van der Waals surface area (Å²) in [6.07, 6.45) is 4.44. The second-order valence-electron chi connectivity index (χ2n) is 2.94. The number of hydrogen-bond acceptors (Lipinski definition) is 4. The number of imidazole rings is 1. The number of nitrogens with zero attached hydrogens (tertiary/aromatic N) is 4. The van der Waals surface area contributed by atoms with Gasteiger partial charge in [-0.05, 0) is 0 Å². The smallest absolute Gasteiger partial charge is 0.272 e. The predicted molar refractivity (Wildman–Crippen MR) is 51.7 cm³/mol. The quantitative estimate of drug-likeness (QED) is 0.730. The molecule has 8 heteroatoms. The van der Waals surface area contributed by atoms with Crippen molar-refractivity contribution < 1.29 is 8.42 Å². The van der Waals surface area contributed by atoms with E-state index in [-0.39, 0.29) is 5.16 Å². The third kappa shape index (κ3) is 1.64. The van der Waals surface area contributed by atoms with E-state index in [0.29, 0.717) is 5.82 Å². The van der Waals surface area contributed by atoms with Gasteiger partial charge in [0, 0.05) is 25.5 Å². The third-order valence-corrected chi connectivity index (χ3v) is 2.71. The number of aryl methyl sites for hydroxylation is 1. The molecule has 2 aromatic heterocycles. The van der Waals surface area contributed by atoms with Crippen molar-refractivity contribution in [2.75, 3.05) is 0 Å². The maximum absolute atomic E-state index is 11.2. The standard InChI is InChI=1S/C7H9N5O2S/c1-11-6(2-3-10-11)12-5-4-9-7(12)15(8,13)14/h2-5H,1H3,(H2,8,13,14). The molecule has 2 heterocycles. The topological polar surface area (TPSA) is 95.8 Å². The van der Waals surface area contributed by atoms with Crippen LogP contribution in [0.3, 0.4) is 0 Å². The van der Waals surface area contributed by atoms with E-state index in [4.69, 9.17) is 5.14 Å². The van der Waals surface area contributed by atoms with Crippen molar-refractivity contribution in [3.63, 3.8) is 0 Å². The van der Waals surface area contributed by atoms with Crippen LogP contribution in [0.1, 0.15) is 0 Å². The summed E-state index contributed by atoms with van der Waals surface area (Å²) in [5.41, 5.74) is 0. The zero-order chi connectivity index (χ0) is 11.1. The number of primary sulfonamides is 1. The van der Waals surface area contributed by atoms with E-state index in [0.717, 1.165) is 0 Å². The highest BCUT2D eigenvalue weighted by atomic mass is 32.2. The Labute approximate surface area is 86.2 Å². The summed E-state index contributed by atoms with van der Waals surface area (Å²) < 4.78 is 25.3. The Morgan fingerprint density at radius 2 is 2.13 bits per heavy atom. The maximum Gasteiger partial charge on any atom is 0.272 e. The van der Waals surface area contributed by atoms with Crippen LogP contribution in [0.25, 0.3) is 5.82 Å². The van der Waals surface area contributed by atoms with Gasteiger partial charge >= 0.3 is 0 Å². The van der Waals surface area contributed by atoms with Gasteiger partial charge in [0.15, 0.2) is 0 Å². The molecule has 0 aliphatic carbocycles. The molecule has 0 bridgehead atoms. The fraction of sp³-hybridized carbons (Fsp3) is 0.143. The van der Waals surface area contributed by atoms with Crippen molar-refractivity contribution in [3.05, 3.63) is 24.7 Å². The fourth-order valence-electron chi connectivity index (χ4n) is 1.28. The molecule has 0 spiro atoms. The lowest BCUT2D eigenvalue weighted by Gasteiger charge is -2.05. The van der Waals surface area contributed by atoms with Crippen molar-refractivity contribution in [1.82, 2.24) is 19.3 Å². The Kier molecular flexibility index (Phi) is 2.09. The second-order valence-corrected chi connectivity index (χ2v) is 4.39. The summed E-state index contributed by atoms with van der Waals surface area (Å²) in [4.78, 5) is 3.69. The molecule has 0 aromatic carbocycles. The lowest BCUT2D eigenvalue weighted by atomic mass is 10.6. The average Bonchev–Trinajstić information content (AvgIpc) is 2.69. The summed E-state index contributed by atoms with van der Waals surface area (Å²) in [6.45, 7) is 0. The molecule has 2 N–H and O–H groups in total. The number of aromatic nitrogens is 4. The van der Waals surface area contributed by atoms with Crippen LogP contribution in [0.5, 0.6) is 0 Å². The minimum Gasteiger partial charge on any atom is -0.274 e. The molecule has 0 aliphatic rings. The largest absolute Gasteiger partial charge is 0.274 e. The van der Waals surface area contributed by atoms with Gasteiger partial charge in [-0.3, -0.25) is 9.25 Å². The molecule has 0 aliphatic heterocycles. The zero-order valence-corrected chi connectivity index (χ0v) is 8.72. The Morgan fingerprint density at radius 3 is 2.67 bits per heavy atom.